The summed E-state index contributed by atoms with van der Waals surface area (Å²) in [5.74, 6) is 0. The van der Waals surface area contributed by atoms with E-state index in [4.69, 9.17) is 4.74 Å². The predicted molar refractivity (Wildman–Crippen MR) is 56.3 cm³/mol. The van der Waals surface area contributed by atoms with Crippen LogP contribution in [-0.4, -0.2) is 26.5 Å². The van der Waals surface area contributed by atoms with Crippen molar-refractivity contribution in [3.63, 3.8) is 0 Å². The third-order valence-electron chi connectivity index (χ3n) is 2.06. The molecule has 0 fully saturated rings. The molecule has 1 rings (SSSR count). The predicted octanol–water partition coefficient (Wildman–Crippen LogP) is 2.37. The van der Waals surface area contributed by atoms with Gasteiger partial charge in [0.1, 0.15) is 0 Å². The molecule has 0 saturated heterocycles. The Bertz CT molecular complexity index is 214. The van der Waals surface area contributed by atoms with E-state index in [2.05, 4.69) is 11.1 Å². The Morgan fingerprint density at radius 1 is 1.38 bits per heavy atom. The minimum Gasteiger partial charge on any atom is -0.377 e. The Morgan fingerprint density at radius 3 is 2.92 bits per heavy atom. The monoisotopic (exact) mass is 179 g/mol. The molecule has 1 heterocycles. The summed E-state index contributed by atoms with van der Waals surface area (Å²) in [6, 6.07) is 0. The molecule has 2 heteroatoms. The van der Waals surface area contributed by atoms with Crippen molar-refractivity contribution < 1.29 is 4.74 Å². The summed E-state index contributed by atoms with van der Waals surface area (Å²) in [4.78, 5) is 4.06. The highest BCUT2D eigenvalue weighted by Crippen LogP contribution is 2.15. The fraction of sp³-hybridized carbons (Fsp3) is 0.545. The summed E-state index contributed by atoms with van der Waals surface area (Å²) in [6.07, 6.45) is 8.29. The second-order valence-electron chi connectivity index (χ2n) is 3.09. The van der Waals surface area contributed by atoms with Gasteiger partial charge in [0, 0.05) is 19.9 Å². The standard InChI is InChI=1S/C11H17NO/c1-3-5-11-9-13-7-4-6-10(11)8-12-2/h3,5,8H,4,6-7,9H2,1-2H3/b5-3-,12-8?. The van der Waals surface area contributed by atoms with Crippen molar-refractivity contribution in [3.05, 3.63) is 23.3 Å². The lowest BCUT2D eigenvalue weighted by atomic mass is 10.1. The van der Waals surface area contributed by atoms with Crippen LogP contribution in [0.3, 0.4) is 0 Å². The normalized spacial score (nSPS) is 20.2. The molecule has 0 aliphatic carbocycles. The Kier molecular flexibility index (Phi) is 4.47. The summed E-state index contributed by atoms with van der Waals surface area (Å²) in [5, 5.41) is 0. The van der Waals surface area contributed by atoms with Gasteiger partial charge in [-0.3, -0.25) is 4.99 Å². The smallest absolute Gasteiger partial charge is 0.0719 e. The molecule has 0 N–H and O–H groups in total. The second kappa shape index (κ2) is 5.70. The maximum Gasteiger partial charge on any atom is 0.0719 e. The van der Waals surface area contributed by atoms with Gasteiger partial charge in [0.05, 0.1) is 6.61 Å². The molecule has 0 aromatic heterocycles. The lowest BCUT2D eigenvalue weighted by Gasteiger charge is -2.02. The zero-order valence-corrected chi connectivity index (χ0v) is 8.42. The van der Waals surface area contributed by atoms with Crippen LogP contribution in [0.25, 0.3) is 0 Å². The molecule has 1 aliphatic rings. The van der Waals surface area contributed by atoms with Gasteiger partial charge in [-0.15, -0.1) is 0 Å². The van der Waals surface area contributed by atoms with Crippen molar-refractivity contribution in [1.82, 2.24) is 0 Å². The van der Waals surface area contributed by atoms with Crippen LogP contribution in [0.15, 0.2) is 28.3 Å². The van der Waals surface area contributed by atoms with Crippen LogP contribution in [0.2, 0.25) is 0 Å². The lowest BCUT2D eigenvalue weighted by molar-refractivity contribution is 0.161. The first-order chi connectivity index (χ1) is 6.38. The summed E-state index contributed by atoms with van der Waals surface area (Å²) in [5.41, 5.74) is 2.59. The Balaban J connectivity index is 2.84. The summed E-state index contributed by atoms with van der Waals surface area (Å²) in [6.45, 7) is 3.62. The number of aliphatic imine (C=N–C) groups is 1. The van der Waals surface area contributed by atoms with E-state index in [1.165, 1.54) is 11.1 Å². The summed E-state index contributed by atoms with van der Waals surface area (Å²) in [7, 11) is 1.81. The van der Waals surface area contributed by atoms with E-state index in [0.717, 1.165) is 26.1 Å². The Labute approximate surface area is 80.0 Å². The topological polar surface area (TPSA) is 21.6 Å². The van der Waals surface area contributed by atoms with Gasteiger partial charge in [-0.05, 0) is 30.9 Å². The largest absolute Gasteiger partial charge is 0.377 e. The summed E-state index contributed by atoms with van der Waals surface area (Å²) < 4.78 is 5.47. The molecule has 0 saturated carbocycles. The van der Waals surface area contributed by atoms with Crippen LogP contribution in [0.5, 0.6) is 0 Å². The minimum atomic E-state index is 0.728. The number of hydrogen-bond donors (Lipinski definition) is 0. The molecule has 2 nitrogen and oxygen atoms in total. The van der Waals surface area contributed by atoms with Crippen LogP contribution in [0.1, 0.15) is 19.8 Å². The fourth-order valence-corrected chi connectivity index (χ4v) is 1.46. The van der Waals surface area contributed by atoms with Crippen LogP contribution in [0, 0.1) is 0 Å². The lowest BCUT2D eigenvalue weighted by Crippen LogP contribution is -1.96. The van der Waals surface area contributed by atoms with Crippen molar-refractivity contribution in [1.29, 1.82) is 0 Å². The fourth-order valence-electron chi connectivity index (χ4n) is 1.46. The Hall–Kier alpha value is -0.890. The molecule has 72 valence electrons. The molecule has 0 aromatic rings. The number of ether oxygens (including phenoxy) is 1. The van der Waals surface area contributed by atoms with Crippen molar-refractivity contribution >= 4 is 6.21 Å². The van der Waals surface area contributed by atoms with Crippen molar-refractivity contribution in [2.24, 2.45) is 4.99 Å². The SMILES string of the molecule is C/C=C\C1=C(C=NC)CCCOC1. The van der Waals surface area contributed by atoms with E-state index in [1.807, 2.05) is 26.3 Å². The molecule has 0 bridgehead atoms. The van der Waals surface area contributed by atoms with Gasteiger partial charge in [0.2, 0.25) is 0 Å². The zero-order valence-electron chi connectivity index (χ0n) is 8.42. The number of rotatable bonds is 2. The molecular formula is C11H17NO. The third kappa shape index (κ3) is 3.15. The van der Waals surface area contributed by atoms with Crippen molar-refractivity contribution in [2.45, 2.75) is 19.8 Å². The van der Waals surface area contributed by atoms with Crippen LogP contribution in [-0.2, 0) is 4.74 Å². The molecule has 13 heavy (non-hydrogen) atoms. The molecule has 0 atom stereocenters. The van der Waals surface area contributed by atoms with E-state index >= 15 is 0 Å². The first-order valence-electron chi connectivity index (χ1n) is 4.73. The number of nitrogens with zero attached hydrogens (tertiary/aromatic N) is 1. The highest BCUT2D eigenvalue weighted by molar-refractivity contribution is 5.80. The van der Waals surface area contributed by atoms with E-state index in [9.17, 15) is 0 Å². The van der Waals surface area contributed by atoms with E-state index < -0.39 is 0 Å². The van der Waals surface area contributed by atoms with Gasteiger partial charge < -0.3 is 4.74 Å². The van der Waals surface area contributed by atoms with Gasteiger partial charge in [0.15, 0.2) is 0 Å². The average Bonchev–Trinajstić information content (AvgIpc) is 2.33. The second-order valence-corrected chi connectivity index (χ2v) is 3.09. The molecule has 0 aromatic carbocycles. The van der Waals surface area contributed by atoms with E-state index in [0.29, 0.717) is 0 Å². The minimum absolute atomic E-state index is 0.728. The molecule has 0 unspecified atom stereocenters. The van der Waals surface area contributed by atoms with Gasteiger partial charge in [-0.25, -0.2) is 0 Å². The molecule has 0 radical (unpaired) electrons. The van der Waals surface area contributed by atoms with Gasteiger partial charge in [0.25, 0.3) is 0 Å². The first-order valence-corrected chi connectivity index (χ1v) is 4.73. The summed E-state index contributed by atoms with van der Waals surface area (Å²) >= 11 is 0. The molecule has 1 aliphatic heterocycles. The quantitative estimate of drug-likeness (QED) is 0.596. The maximum absolute atomic E-state index is 5.47. The highest BCUT2D eigenvalue weighted by atomic mass is 16.5. The number of hydrogen-bond acceptors (Lipinski definition) is 2. The maximum atomic E-state index is 5.47. The first kappa shape index (κ1) is 10.2. The number of allylic oxidation sites excluding steroid dienone is 2. The van der Waals surface area contributed by atoms with E-state index in [-0.39, 0.29) is 0 Å². The van der Waals surface area contributed by atoms with Crippen molar-refractivity contribution in [3.8, 4) is 0 Å². The average molecular weight is 179 g/mol. The van der Waals surface area contributed by atoms with Gasteiger partial charge in [-0.2, -0.15) is 0 Å². The van der Waals surface area contributed by atoms with E-state index in [1.54, 1.807) is 0 Å². The van der Waals surface area contributed by atoms with Crippen LogP contribution in [0.4, 0.5) is 0 Å². The Morgan fingerprint density at radius 2 is 2.23 bits per heavy atom. The van der Waals surface area contributed by atoms with Crippen LogP contribution >= 0.6 is 0 Å². The molecule has 0 amide bonds. The van der Waals surface area contributed by atoms with Gasteiger partial charge in [-0.1, -0.05) is 12.2 Å². The highest BCUT2D eigenvalue weighted by Gasteiger charge is 2.06. The third-order valence-corrected chi connectivity index (χ3v) is 2.06. The zero-order chi connectivity index (χ0) is 9.52. The molecule has 0 spiro atoms. The van der Waals surface area contributed by atoms with Gasteiger partial charge >= 0.3 is 0 Å². The molecular weight excluding hydrogens is 162 g/mol. The van der Waals surface area contributed by atoms with Crippen LogP contribution < -0.4 is 0 Å². The van der Waals surface area contributed by atoms with Crippen molar-refractivity contribution in [2.75, 3.05) is 20.3 Å².